The summed E-state index contributed by atoms with van der Waals surface area (Å²) >= 11 is 18.8. The molecule has 0 unspecified atom stereocenters. The lowest BCUT2D eigenvalue weighted by Crippen LogP contribution is -2.51. The van der Waals surface area contributed by atoms with E-state index in [1.807, 2.05) is 6.92 Å². The molecule has 214 valence electrons. The van der Waals surface area contributed by atoms with Gasteiger partial charge in [0.1, 0.15) is 6.04 Å². The summed E-state index contributed by atoms with van der Waals surface area (Å²) in [4.78, 5) is 28.6. The van der Waals surface area contributed by atoms with Gasteiger partial charge in [-0.15, -0.1) is 0 Å². The molecule has 0 saturated heterocycles. The topological polar surface area (TPSA) is 86.8 Å². The van der Waals surface area contributed by atoms with Gasteiger partial charge in [0, 0.05) is 46.2 Å². The fourth-order valence-electron chi connectivity index (χ4n) is 4.93. The van der Waals surface area contributed by atoms with E-state index in [9.17, 15) is 18.0 Å². The zero-order valence-corrected chi connectivity index (χ0v) is 25.4. The molecule has 11 heteroatoms. The lowest BCUT2D eigenvalue weighted by molar-refractivity contribution is -0.141. The van der Waals surface area contributed by atoms with Gasteiger partial charge in [-0.05, 0) is 62.1 Å². The normalized spacial score (nSPS) is 15.0. The first kappa shape index (κ1) is 31.5. The molecule has 2 aromatic rings. The third-order valence-corrected chi connectivity index (χ3v) is 9.15. The lowest BCUT2D eigenvalue weighted by Gasteiger charge is -2.33. The average Bonchev–Trinajstić information content (AvgIpc) is 2.88. The van der Waals surface area contributed by atoms with Crippen LogP contribution in [0.5, 0.6) is 0 Å². The minimum absolute atomic E-state index is 0.0366. The number of carbonyl (C=O) groups excluding carboxylic acids is 2. The van der Waals surface area contributed by atoms with Crippen molar-refractivity contribution in [1.82, 2.24) is 10.2 Å². The molecule has 0 spiro atoms. The van der Waals surface area contributed by atoms with E-state index >= 15 is 0 Å². The minimum Gasteiger partial charge on any atom is -0.352 e. The molecule has 0 heterocycles. The number of anilines is 1. The Morgan fingerprint density at radius 1 is 1.00 bits per heavy atom. The van der Waals surface area contributed by atoms with Crippen molar-refractivity contribution in [3.8, 4) is 0 Å². The van der Waals surface area contributed by atoms with Crippen LogP contribution < -0.4 is 9.62 Å². The molecule has 1 aliphatic rings. The maximum Gasteiger partial charge on any atom is 0.243 e. The number of amides is 2. The van der Waals surface area contributed by atoms with E-state index in [4.69, 9.17) is 34.8 Å². The standard InChI is InChI=1S/C28H36Cl3N3O4S/c1-3-26(28(36)32-21-9-5-4-6-10-21)33(19-23-24(30)11-7-12-25(23)31)27(35)13-8-18-34(39(2,37)38)22-16-14-20(29)15-17-22/h7,11-12,14-17,21,26H,3-6,8-10,13,18-19H2,1-2H3,(H,32,36)/t26-/m0/s1. The van der Waals surface area contributed by atoms with Gasteiger partial charge in [-0.2, -0.15) is 0 Å². The Morgan fingerprint density at radius 3 is 2.18 bits per heavy atom. The van der Waals surface area contributed by atoms with Crippen LogP contribution >= 0.6 is 34.8 Å². The molecule has 7 nitrogen and oxygen atoms in total. The van der Waals surface area contributed by atoms with Crippen molar-refractivity contribution in [2.45, 2.75) is 76.9 Å². The monoisotopic (exact) mass is 615 g/mol. The maximum atomic E-state index is 13.7. The summed E-state index contributed by atoms with van der Waals surface area (Å²) in [7, 11) is -3.59. The number of nitrogens with one attached hydrogen (secondary N) is 1. The van der Waals surface area contributed by atoms with Crippen molar-refractivity contribution >= 4 is 62.3 Å². The Hall–Kier alpha value is -2.00. The van der Waals surface area contributed by atoms with Crippen LogP contribution in [0.25, 0.3) is 0 Å². The molecule has 0 aromatic heterocycles. The van der Waals surface area contributed by atoms with Gasteiger partial charge in [0.2, 0.25) is 21.8 Å². The molecule has 2 amide bonds. The minimum atomic E-state index is -3.59. The van der Waals surface area contributed by atoms with Gasteiger partial charge in [0.15, 0.2) is 0 Å². The summed E-state index contributed by atoms with van der Waals surface area (Å²) in [6.45, 7) is 2.03. The van der Waals surface area contributed by atoms with E-state index in [1.54, 1.807) is 42.5 Å². The third kappa shape index (κ3) is 9.00. The average molecular weight is 617 g/mol. The zero-order valence-electron chi connectivity index (χ0n) is 22.3. The quantitative estimate of drug-likeness (QED) is 0.297. The number of carbonyl (C=O) groups is 2. The summed E-state index contributed by atoms with van der Waals surface area (Å²) in [6, 6.07) is 11.0. The van der Waals surface area contributed by atoms with E-state index in [2.05, 4.69) is 5.32 Å². The Bertz CT molecular complexity index is 1210. The summed E-state index contributed by atoms with van der Waals surface area (Å²) in [6.07, 6.45) is 6.99. The van der Waals surface area contributed by atoms with E-state index in [1.165, 1.54) is 15.6 Å². The Labute approximate surface area is 246 Å². The first-order valence-corrected chi connectivity index (χ1v) is 16.3. The Morgan fingerprint density at radius 2 is 1.62 bits per heavy atom. The molecule has 1 fully saturated rings. The molecular formula is C28H36Cl3N3O4S. The summed E-state index contributed by atoms with van der Waals surface area (Å²) in [5.41, 5.74) is 1.03. The van der Waals surface area contributed by atoms with Gasteiger partial charge in [-0.1, -0.05) is 67.1 Å². The second-order valence-electron chi connectivity index (χ2n) is 9.90. The highest BCUT2D eigenvalue weighted by Gasteiger charge is 2.31. The smallest absolute Gasteiger partial charge is 0.243 e. The van der Waals surface area contributed by atoms with Gasteiger partial charge < -0.3 is 10.2 Å². The molecule has 0 bridgehead atoms. The van der Waals surface area contributed by atoms with E-state index in [0.717, 1.165) is 31.9 Å². The summed E-state index contributed by atoms with van der Waals surface area (Å²) < 4.78 is 26.2. The number of nitrogens with zero attached hydrogens (tertiary/aromatic N) is 2. The van der Waals surface area contributed by atoms with Crippen molar-refractivity contribution in [3.05, 3.63) is 63.1 Å². The van der Waals surface area contributed by atoms with Crippen LogP contribution in [-0.4, -0.2) is 50.0 Å². The maximum absolute atomic E-state index is 13.7. The van der Waals surface area contributed by atoms with Crippen molar-refractivity contribution in [2.75, 3.05) is 17.1 Å². The van der Waals surface area contributed by atoms with Gasteiger partial charge in [-0.25, -0.2) is 8.42 Å². The van der Waals surface area contributed by atoms with Crippen LogP contribution in [-0.2, 0) is 26.2 Å². The number of hydrogen-bond donors (Lipinski definition) is 1. The van der Waals surface area contributed by atoms with Crippen LogP contribution in [0.3, 0.4) is 0 Å². The van der Waals surface area contributed by atoms with Crippen LogP contribution in [0.2, 0.25) is 15.1 Å². The Kier molecular flexibility index (Phi) is 11.8. The second kappa shape index (κ2) is 14.6. The first-order chi connectivity index (χ1) is 18.5. The molecule has 1 aliphatic carbocycles. The third-order valence-electron chi connectivity index (χ3n) is 6.99. The van der Waals surface area contributed by atoms with E-state index < -0.39 is 16.1 Å². The van der Waals surface area contributed by atoms with Crippen LogP contribution in [0.15, 0.2) is 42.5 Å². The number of sulfonamides is 1. The van der Waals surface area contributed by atoms with Crippen LogP contribution in [0, 0.1) is 0 Å². The van der Waals surface area contributed by atoms with E-state index in [-0.39, 0.29) is 43.8 Å². The lowest BCUT2D eigenvalue weighted by atomic mass is 9.95. The second-order valence-corrected chi connectivity index (χ2v) is 13.1. The molecule has 1 saturated carbocycles. The molecule has 0 aliphatic heterocycles. The van der Waals surface area contributed by atoms with E-state index in [0.29, 0.717) is 32.7 Å². The fourth-order valence-corrected chi connectivity index (χ4v) is 6.54. The van der Waals surface area contributed by atoms with Gasteiger partial charge in [0.05, 0.1) is 11.9 Å². The molecule has 1 atom stereocenters. The molecular weight excluding hydrogens is 581 g/mol. The SMILES string of the molecule is CC[C@@H](C(=O)NC1CCCCC1)N(Cc1c(Cl)cccc1Cl)C(=O)CCCN(c1ccc(Cl)cc1)S(C)(=O)=O. The highest BCUT2D eigenvalue weighted by molar-refractivity contribution is 7.92. The van der Waals surface area contributed by atoms with Gasteiger partial charge in [-0.3, -0.25) is 13.9 Å². The summed E-state index contributed by atoms with van der Waals surface area (Å²) in [5, 5.41) is 4.46. The summed E-state index contributed by atoms with van der Waals surface area (Å²) in [5.74, 6) is -0.471. The van der Waals surface area contributed by atoms with Crippen molar-refractivity contribution < 1.29 is 18.0 Å². The Balaban J connectivity index is 1.79. The molecule has 39 heavy (non-hydrogen) atoms. The van der Waals surface area contributed by atoms with Crippen molar-refractivity contribution in [1.29, 1.82) is 0 Å². The number of rotatable bonds is 12. The van der Waals surface area contributed by atoms with Crippen LogP contribution in [0.4, 0.5) is 5.69 Å². The molecule has 3 rings (SSSR count). The number of hydrogen-bond acceptors (Lipinski definition) is 4. The van der Waals surface area contributed by atoms with Crippen molar-refractivity contribution in [3.63, 3.8) is 0 Å². The predicted molar refractivity (Wildman–Crippen MR) is 159 cm³/mol. The predicted octanol–water partition coefficient (Wildman–Crippen LogP) is 6.45. The number of benzene rings is 2. The van der Waals surface area contributed by atoms with Crippen LogP contribution in [0.1, 0.15) is 63.9 Å². The highest BCUT2D eigenvalue weighted by atomic mass is 35.5. The molecule has 2 aromatic carbocycles. The highest BCUT2D eigenvalue weighted by Crippen LogP contribution is 2.28. The fraction of sp³-hybridized carbons (Fsp3) is 0.500. The largest absolute Gasteiger partial charge is 0.352 e. The molecule has 1 N–H and O–H groups in total. The first-order valence-electron chi connectivity index (χ1n) is 13.3. The van der Waals surface area contributed by atoms with Gasteiger partial charge >= 0.3 is 0 Å². The van der Waals surface area contributed by atoms with Gasteiger partial charge in [0.25, 0.3) is 0 Å². The number of halogens is 3. The zero-order chi connectivity index (χ0) is 28.6. The molecule has 0 radical (unpaired) electrons. The van der Waals surface area contributed by atoms with Crippen molar-refractivity contribution in [2.24, 2.45) is 0 Å².